The van der Waals surface area contributed by atoms with Crippen molar-refractivity contribution >= 4 is 23.5 Å². The summed E-state index contributed by atoms with van der Waals surface area (Å²) in [5.74, 6) is -0.960. The number of ether oxygens (including phenoxy) is 2. The van der Waals surface area contributed by atoms with Crippen molar-refractivity contribution in [3.63, 3.8) is 0 Å². The molecule has 0 heterocycles. The van der Waals surface area contributed by atoms with Crippen LogP contribution in [0.15, 0.2) is 78.4 Å². The summed E-state index contributed by atoms with van der Waals surface area (Å²) < 4.78 is 10.8. The van der Waals surface area contributed by atoms with Gasteiger partial charge in [-0.2, -0.15) is 0 Å². The van der Waals surface area contributed by atoms with Crippen molar-refractivity contribution in [2.45, 2.75) is 59.2 Å². The second-order valence-electron chi connectivity index (χ2n) is 13.7. The van der Waals surface area contributed by atoms with Crippen LogP contribution in [0.2, 0.25) is 0 Å². The Kier molecular flexibility index (Phi) is 7.95. The second-order valence-corrected chi connectivity index (χ2v) is 13.7. The molecule has 0 bridgehead atoms. The minimum atomic E-state index is -0.628. The first-order valence-electron chi connectivity index (χ1n) is 15.6. The lowest BCUT2D eigenvalue weighted by Crippen LogP contribution is -2.56. The zero-order valence-corrected chi connectivity index (χ0v) is 25.5. The van der Waals surface area contributed by atoms with Gasteiger partial charge in [-0.3, -0.25) is 9.59 Å². The zero-order chi connectivity index (χ0) is 31.2. The lowest BCUT2D eigenvalue weighted by Gasteiger charge is -2.58. The predicted molar refractivity (Wildman–Crippen MR) is 163 cm³/mol. The molecule has 7 heteroatoms. The van der Waals surface area contributed by atoms with Gasteiger partial charge in [-0.15, -0.1) is 0 Å². The normalized spacial score (nSPS) is 33.8. The highest BCUT2D eigenvalue weighted by atomic mass is 16.5. The monoisotopic (exact) mass is 596 g/mol. The predicted octanol–water partition coefficient (Wildman–Crippen LogP) is 5.91. The fourth-order valence-electron chi connectivity index (χ4n) is 9.24. The quantitative estimate of drug-likeness (QED) is 0.396. The maximum Gasteiger partial charge on any atom is 0.338 e. The summed E-state index contributed by atoms with van der Waals surface area (Å²) in [5, 5.41) is 11.6. The van der Waals surface area contributed by atoms with Crippen molar-refractivity contribution in [1.29, 1.82) is 0 Å². The summed E-state index contributed by atoms with van der Waals surface area (Å²) >= 11 is 0. The van der Waals surface area contributed by atoms with Crippen LogP contribution in [0.4, 0.5) is 0 Å². The SMILES string of the molecule is C[C@@H]1CC2[C@@H]3CCC4=CC(=O)C=C[C@]4(C)C3[C@@H](O)C[C@]2(C)[C@H]1C(=O)COC(=O)c1ccc(C(=O)OCc2ccccc2)cc1. The zero-order valence-electron chi connectivity index (χ0n) is 25.5. The molecule has 3 saturated carbocycles. The van der Waals surface area contributed by atoms with Crippen LogP contribution in [0.5, 0.6) is 0 Å². The highest BCUT2D eigenvalue weighted by Crippen LogP contribution is 2.67. The maximum absolute atomic E-state index is 13.7. The van der Waals surface area contributed by atoms with E-state index < -0.39 is 23.5 Å². The number of aliphatic hydroxyl groups is 1. The van der Waals surface area contributed by atoms with Gasteiger partial charge in [-0.1, -0.05) is 62.8 Å². The molecular weight excluding hydrogens is 556 g/mol. The molecule has 0 aromatic heterocycles. The number of rotatable bonds is 7. The Hall–Kier alpha value is -3.84. The first-order chi connectivity index (χ1) is 21.0. The molecule has 3 fully saturated rings. The summed E-state index contributed by atoms with van der Waals surface area (Å²) in [7, 11) is 0. The van der Waals surface area contributed by atoms with Gasteiger partial charge >= 0.3 is 11.9 Å². The van der Waals surface area contributed by atoms with E-state index in [1.54, 1.807) is 12.2 Å². The molecule has 6 rings (SSSR count). The molecule has 1 N–H and O–H groups in total. The molecule has 4 aliphatic rings. The first-order valence-corrected chi connectivity index (χ1v) is 15.6. The molecule has 4 aliphatic carbocycles. The molecule has 2 aromatic carbocycles. The summed E-state index contributed by atoms with van der Waals surface area (Å²) in [4.78, 5) is 51.1. The van der Waals surface area contributed by atoms with Gasteiger partial charge in [0.25, 0.3) is 0 Å². The van der Waals surface area contributed by atoms with Crippen LogP contribution < -0.4 is 0 Å². The van der Waals surface area contributed by atoms with Crippen molar-refractivity contribution in [3.8, 4) is 0 Å². The highest BCUT2D eigenvalue weighted by Gasteiger charge is 2.64. The second kappa shape index (κ2) is 11.6. The summed E-state index contributed by atoms with van der Waals surface area (Å²) in [6, 6.07) is 15.4. The largest absolute Gasteiger partial charge is 0.457 e. The van der Waals surface area contributed by atoms with Gasteiger partial charge in [0.15, 0.2) is 18.2 Å². The molecule has 2 unspecified atom stereocenters. The fourth-order valence-corrected chi connectivity index (χ4v) is 9.24. The minimum absolute atomic E-state index is 0.00222. The number of hydrogen-bond donors (Lipinski definition) is 1. The van der Waals surface area contributed by atoms with Crippen molar-refractivity contribution in [2.75, 3.05) is 6.61 Å². The molecule has 0 saturated heterocycles. The molecule has 0 amide bonds. The van der Waals surface area contributed by atoms with Crippen LogP contribution in [0.3, 0.4) is 0 Å². The van der Waals surface area contributed by atoms with E-state index in [4.69, 9.17) is 9.47 Å². The molecule has 7 nitrogen and oxygen atoms in total. The van der Waals surface area contributed by atoms with E-state index in [-0.39, 0.29) is 65.3 Å². The van der Waals surface area contributed by atoms with E-state index in [0.29, 0.717) is 12.0 Å². The standard InChI is InChI=1S/C37H40O7/c1-22-17-29-28-14-13-26-18-27(38)15-16-36(26,2)33(28)30(39)19-37(29,3)32(22)31(40)21-44-35(42)25-11-9-24(10-12-25)34(41)43-20-23-7-5-4-6-8-23/h4-12,15-16,18,22,28-30,32-33,39H,13-14,17,19-21H2,1-3H3/t22-,28+,29?,30+,32-,33?,36+,37+/m1/s1. The van der Waals surface area contributed by atoms with E-state index in [0.717, 1.165) is 30.4 Å². The number of allylic oxidation sites excluding steroid dienone is 4. The number of esters is 2. The maximum atomic E-state index is 13.7. The van der Waals surface area contributed by atoms with Crippen LogP contribution in [-0.4, -0.2) is 41.3 Å². The van der Waals surface area contributed by atoms with Gasteiger partial charge in [0, 0.05) is 17.3 Å². The number of benzene rings is 2. The molecule has 0 aliphatic heterocycles. The summed E-state index contributed by atoms with van der Waals surface area (Å²) in [5.41, 5.74) is 1.79. The summed E-state index contributed by atoms with van der Waals surface area (Å²) in [6.45, 7) is 6.19. The Morgan fingerprint density at radius 2 is 1.61 bits per heavy atom. The number of aliphatic hydroxyl groups excluding tert-OH is 1. The van der Waals surface area contributed by atoms with Gasteiger partial charge in [0.05, 0.1) is 17.2 Å². The number of fused-ring (bicyclic) bond motifs is 5. The Morgan fingerprint density at radius 1 is 0.955 bits per heavy atom. The average Bonchev–Trinajstić information content (AvgIpc) is 3.28. The number of carbonyl (C=O) groups excluding carboxylic acids is 4. The Balaban J connectivity index is 1.09. The number of ketones is 2. The van der Waals surface area contributed by atoms with Gasteiger partial charge in [0.2, 0.25) is 0 Å². The number of carbonyl (C=O) groups is 4. The van der Waals surface area contributed by atoms with Gasteiger partial charge < -0.3 is 14.6 Å². The van der Waals surface area contributed by atoms with E-state index >= 15 is 0 Å². The average molecular weight is 597 g/mol. The van der Waals surface area contributed by atoms with Crippen LogP contribution in [0.25, 0.3) is 0 Å². The third kappa shape index (κ3) is 5.25. The molecule has 8 atom stereocenters. The molecule has 230 valence electrons. The van der Waals surface area contributed by atoms with E-state index in [1.807, 2.05) is 36.4 Å². The highest BCUT2D eigenvalue weighted by molar-refractivity contribution is 6.01. The minimum Gasteiger partial charge on any atom is -0.457 e. The number of hydrogen-bond acceptors (Lipinski definition) is 7. The van der Waals surface area contributed by atoms with E-state index in [1.165, 1.54) is 24.3 Å². The fraction of sp³-hybridized carbons (Fsp3) is 0.459. The van der Waals surface area contributed by atoms with Crippen LogP contribution in [0.1, 0.15) is 72.7 Å². The Morgan fingerprint density at radius 3 is 2.30 bits per heavy atom. The molecule has 2 aromatic rings. The van der Waals surface area contributed by atoms with Gasteiger partial charge in [0.1, 0.15) is 6.61 Å². The molecular formula is C37H40O7. The topological polar surface area (TPSA) is 107 Å². The third-order valence-electron chi connectivity index (χ3n) is 11.1. The van der Waals surface area contributed by atoms with Crippen LogP contribution in [-0.2, 0) is 25.7 Å². The van der Waals surface area contributed by atoms with Crippen molar-refractivity contribution < 1.29 is 33.8 Å². The van der Waals surface area contributed by atoms with Crippen LogP contribution in [0, 0.1) is 40.4 Å². The Labute approximate surface area is 258 Å². The first kappa shape index (κ1) is 30.2. The van der Waals surface area contributed by atoms with Crippen molar-refractivity contribution in [2.24, 2.45) is 40.4 Å². The molecule has 0 radical (unpaired) electrons. The van der Waals surface area contributed by atoms with Crippen molar-refractivity contribution in [3.05, 3.63) is 95.1 Å². The molecule has 44 heavy (non-hydrogen) atoms. The lowest BCUT2D eigenvalue weighted by atomic mass is 9.46. The number of Topliss-reactive ketones (excluding diaryl/α,β-unsaturated/α-hetero) is 1. The van der Waals surface area contributed by atoms with E-state index in [9.17, 15) is 24.3 Å². The smallest absolute Gasteiger partial charge is 0.338 e. The lowest BCUT2D eigenvalue weighted by molar-refractivity contribution is -0.142. The molecule has 0 spiro atoms. The van der Waals surface area contributed by atoms with Gasteiger partial charge in [-0.25, -0.2) is 9.59 Å². The Bertz CT molecular complexity index is 1520. The summed E-state index contributed by atoms with van der Waals surface area (Å²) in [6.07, 6.45) is 7.87. The van der Waals surface area contributed by atoms with Crippen molar-refractivity contribution in [1.82, 2.24) is 0 Å². The third-order valence-corrected chi connectivity index (χ3v) is 11.1. The van der Waals surface area contributed by atoms with E-state index in [2.05, 4.69) is 20.8 Å². The van der Waals surface area contributed by atoms with Gasteiger partial charge in [-0.05, 0) is 90.8 Å². The van der Waals surface area contributed by atoms with Crippen LogP contribution >= 0.6 is 0 Å².